The smallest absolute Gasteiger partial charge is 0.305 e. The van der Waals surface area contributed by atoms with Crippen molar-refractivity contribution in [2.24, 2.45) is 0 Å². The first-order valence-electron chi connectivity index (χ1n) is 11.6. The summed E-state index contributed by atoms with van der Waals surface area (Å²) in [5.74, 6) is -0.202. The fourth-order valence-corrected chi connectivity index (χ4v) is 4.14. The van der Waals surface area contributed by atoms with Gasteiger partial charge in [-0.25, -0.2) is 0 Å². The van der Waals surface area contributed by atoms with Gasteiger partial charge in [-0.2, -0.15) is 5.06 Å². The molecule has 0 radical (unpaired) electrons. The third-order valence-corrected chi connectivity index (χ3v) is 6.00. The van der Waals surface area contributed by atoms with Gasteiger partial charge in [0.15, 0.2) is 0 Å². The van der Waals surface area contributed by atoms with Crippen LogP contribution in [0.25, 0.3) is 0 Å². The molecule has 1 N–H and O–H groups in total. The molecule has 1 aliphatic rings. The average molecular weight is 400 g/mol. The van der Waals surface area contributed by atoms with E-state index in [0.29, 0.717) is 25.9 Å². The van der Waals surface area contributed by atoms with E-state index in [9.17, 15) is 10.0 Å². The monoisotopic (exact) mass is 399 g/mol. The highest BCUT2D eigenvalue weighted by molar-refractivity contribution is 5.69. The highest BCUT2D eigenvalue weighted by Gasteiger charge is 2.50. The Morgan fingerprint density at radius 3 is 1.89 bits per heavy atom. The fourth-order valence-electron chi connectivity index (χ4n) is 4.14. The van der Waals surface area contributed by atoms with E-state index in [1.54, 1.807) is 0 Å². The number of methoxy groups -OCH3 is 1. The Morgan fingerprint density at radius 1 is 0.929 bits per heavy atom. The minimum Gasteiger partial charge on any atom is -0.469 e. The first-order valence-corrected chi connectivity index (χ1v) is 11.6. The molecule has 28 heavy (non-hydrogen) atoms. The molecule has 1 atom stereocenters. The maximum Gasteiger partial charge on any atom is 0.305 e. The van der Waals surface area contributed by atoms with Crippen LogP contribution < -0.4 is 0 Å². The number of carbonyl (C=O) groups is 1. The number of nitrogens with zero attached hydrogens (tertiary/aromatic N) is 1. The summed E-state index contributed by atoms with van der Waals surface area (Å²) in [5, 5.41) is 12.2. The predicted octanol–water partition coefficient (Wildman–Crippen LogP) is 6.23. The summed E-state index contributed by atoms with van der Waals surface area (Å²) < 4.78 is 10.8. The second kappa shape index (κ2) is 13.6. The largest absolute Gasteiger partial charge is 0.469 e. The van der Waals surface area contributed by atoms with Crippen molar-refractivity contribution in [3.05, 3.63) is 0 Å². The van der Waals surface area contributed by atoms with Crippen molar-refractivity contribution in [1.82, 2.24) is 5.06 Å². The number of carbonyl (C=O) groups excluding carboxylic acids is 1. The molecule has 0 amide bonds. The van der Waals surface area contributed by atoms with Crippen molar-refractivity contribution in [3.63, 3.8) is 0 Å². The van der Waals surface area contributed by atoms with Gasteiger partial charge in [0.1, 0.15) is 5.72 Å². The van der Waals surface area contributed by atoms with Crippen LogP contribution in [0.1, 0.15) is 117 Å². The average Bonchev–Trinajstić information content (AvgIpc) is 2.90. The lowest BCUT2D eigenvalue weighted by Gasteiger charge is -2.37. The number of hydrogen-bond donors (Lipinski definition) is 1. The van der Waals surface area contributed by atoms with E-state index >= 15 is 0 Å². The first-order chi connectivity index (χ1) is 13.4. The minimum absolute atomic E-state index is 0.202. The number of unbranched alkanes of at least 4 members (excludes halogenated alkanes) is 10. The molecular weight excluding hydrogens is 354 g/mol. The maximum atomic E-state index is 11.4. The molecule has 0 aromatic rings. The Kier molecular flexibility index (Phi) is 12.3. The van der Waals surface area contributed by atoms with E-state index < -0.39 is 5.72 Å². The molecule has 5 nitrogen and oxygen atoms in total. The number of hydrogen-bond acceptors (Lipinski definition) is 5. The maximum absolute atomic E-state index is 11.4. The third kappa shape index (κ3) is 8.79. The third-order valence-electron chi connectivity index (χ3n) is 6.00. The van der Waals surface area contributed by atoms with Gasteiger partial charge in [-0.05, 0) is 39.5 Å². The number of esters is 1. The Hall–Kier alpha value is -0.650. The van der Waals surface area contributed by atoms with Crippen molar-refractivity contribution in [3.8, 4) is 0 Å². The molecule has 0 aliphatic carbocycles. The molecule has 1 fully saturated rings. The Morgan fingerprint density at radius 2 is 1.43 bits per heavy atom. The van der Waals surface area contributed by atoms with E-state index in [1.807, 2.05) is 13.8 Å². The molecule has 0 aromatic carbocycles. The molecule has 1 rings (SSSR count). The lowest BCUT2D eigenvalue weighted by Crippen LogP contribution is -2.50. The summed E-state index contributed by atoms with van der Waals surface area (Å²) in [6.07, 6.45) is 16.8. The first kappa shape index (κ1) is 25.4. The zero-order valence-electron chi connectivity index (χ0n) is 18.9. The zero-order chi connectivity index (χ0) is 20.9. The standard InChI is InChI=1S/C23H45NO4/c1-5-6-7-8-9-10-11-12-13-14-15-18-23(19-16-17-21(25)27-4)24(26)22(2,3)20-28-23/h26H,5-20H2,1-4H3/t23-/m1/s1. The zero-order valence-corrected chi connectivity index (χ0v) is 18.9. The van der Waals surface area contributed by atoms with Crippen molar-refractivity contribution < 1.29 is 19.5 Å². The predicted molar refractivity (Wildman–Crippen MR) is 113 cm³/mol. The summed E-state index contributed by atoms with van der Waals surface area (Å²) in [7, 11) is 1.41. The van der Waals surface area contributed by atoms with Gasteiger partial charge >= 0.3 is 5.97 Å². The summed E-state index contributed by atoms with van der Waals surface area (Å²) in [6.45, 7) is 6.77. The number of ether oxygens (including phenoxy) is 2. The van der Waals surface area contributed by atoms with Crippen LogP contribution in [0.4, 0.5) is 0 Å². The van der Waals surface area contributed by atoms with Gasteiger partial charge in [-0.15, -0.1) is 0 Å². The van der Waals surface area contributed by atoms with Crippen LogP contribution in [0.15, 0.2) is 0 Å². The summed E-state index contributed by atoms with van der Waals surface area (Å²) >= 11 is 0. The Bertz CT molecular complexity index is 427. The van der Waals surface area contributed by atoms with Crippen LogP contribution in [0.5, 0.6) is 0 Å². The van der Waals surface area contributed by atoms with Gasteiger partial charge in [-0.1, -0.05) is 71.1 Å². The van der Waals surface area contributed by atoms with E-state index in [1.165, 1.54) is 76.4 Å². The van der Waals surface area contributed by atoms with Gasteiger partial charge in [0.25, 0.3) is 0 Å². The summed E-state index contributed by atoms with van der Waals surface area (Å²) in [5.41, 5.74) is -1.04. The molecule has 1 saturated heterocycles. The van der Waals surface area contributed by atoms with Gasteiger partial charge in [-0.3, -0.25) is 4.79 Å². The van der Waals surface area contributed by atoms with E-state index in [2.05, 4.69) is 6.92 Å². The van der Waals surface area contributed by atoms with E-state index in [4.69, 9.17) is 9.47 Å². The molecular formula is C23H45NO4. The highest BCUT2D eigenvalue weighted by atomic mass is 16.6. The second-order valence-corrected chi connectivity index (χ2v) is 9.07. The molecule has 1 aliphatic heterocycles. The van der Waals surface area contributed by atoms with E-state index in [0.717, 1.165) is 12.8 Å². The molecule has 0 aromatic heterocycles. The molecule has 0 spiro atoms. The lowest BCUT2D eigenvalue weighted by molar-refractivity contribution is -0.256. The normalized spacial score (nSPS) is 21.9. The van der Waals surface area contributed by atoms with Gasteiger partial charge in [0.2, 0.25) is 0 Å². The van der Waals surface area contributed by atoms with Crippen molar-refractivity contribution in [2.45, 2.75) is 128 Å². The van der Waals surface area contributed by atoms with Crippen LogP contribution in [-0.4, -0.2) is 41.2 Å². The summed E-state index contributed by atoms with van der Waals surface area (Å²) in [6, 6.07) is 0. The number of hydroxylamine groups is 2. The lowest BCUT2D eigenvalue weighted by atomic mass is 9.95. The van der Waals surface area contributed by atoms with Gasteiger partial charge in [0, 0.05) is 6.42 Å². The molecule has 166 valence electrons. The van der Waals surface area contributed by atoms with E-state index in [-0.39, 0.29) is 11.5 Å². The van der Waals surface area contributed by atoms with Gasteiger partial charge < -0.3 is 14.7 Å². The fraction of sp³-hybridized carbons (Fsp3) is 0.957. The Balaban J connectivity index is 2.26. The highest BCUT2D eigenvalue weighted by Crippen LogP contribution is 2.40. The van der Waals surface area contributed by atoms with Crippen molar-refractivity contribution in [1.29, 1.82) is 0 Å². The molecule has 5 heteroatoms. The molecule has 0 bridgehead atoms. The topological polar surface area (TPSA) is 59.0 Å². The van der Waals surface area contributed by atoms with Crippen LogP contribution in [-0.2, 0) is 14.3 Å². The van der Waals surface area contributed by atoms with Crippen molar-refractivity contribution >= 4 is 5.97 Å². The van der Waals surface area contributed by atoms with Crippen molar-refractivity contribution in [2.75, 3.05) is 13.7 Å². The minimum atomic E-state index is -0.656. The van der Waals surface area contributed by atoms with Gasteiger partial charge in [0.05, 0.1) is 19.3 Å². The van der Waals surface area contributed by atoms with Crippen LogP contribution in [0, 0.1) is 0 Å². The molecule has 0 unspecified atom stereocenters. The molecule has 0 saturated carbocycles. The SMILES string of the molecule is CCCCCCCCCCCCC[C@]1(CCCC(=O)OC)OCC(C)(C)N1O. The number of rotatable bonds is 16. The molecule has 1 heterocycles. The second-order valence-electron chi connectivity index (χ2n) is 9.07. The Labute approximate surface area is 173 Å². The summed E-state index contributed by atoms with van der Waals surface area (Å²) in [4.78, 5) is 11.4. The van der Waals surface area contributed by atoms with Crippen LogP contribution in [0.3, 0.4) is 0 Å². The van der Waals surface area contributed by atoms with Crippen LogP contribution >= 0.6 is 0 Å². The quantitative estimate of drug-likeness (QED) is 0.246. The van der Waals surface area contributed by atoms with Crippen LogP contribution in [0.2, 0.25) is 0 Å².